The summed E-state index contributed by atoms with van der Waals surface area (Å²) in [6.45, 7) is 9.95. The van der Waals surface area contributed by atoms with E-state index in [1.54, 1.807) is 0 Å². The molecular weight excluding hydrogens is 218 g/mol. The molecule has 1 saturated heterocycles. The summed E-state index contributed by atoms with van der Waals surface area (Å²) in [7, 11) is 1.98. The highest BCUT2D eigenvalue weighted by Gasteiger charge is 2.24. The van der Waals surface area contributed by atoms with E-state index in [2.05, 4.69) is 26.1 Å². The zero-order valence-corrected chi connectivity index (χ0v) is 11.6. The quantitative estimate of drug-likeness (QED) is 0.689. The Hall–Kier alpha value is -0.160. The molecule has 2 unspecified atom stereocenters. The minimum atomic E-state index is -0.0783. The van der Waals surface area contributed by atoms with Crippen LogP contribution in [0.15, 0.2) is 0 Å². The SMILES string of the molecule is CNC(COCCOC(C)(C)C)C1CCOC1. The summed E-state index contributed by atoms with van der Waals surface area (Å²) in [5, 5.41) is 3.31. The third-order valence-corrected chi connectivity index (χ3v) is 2.96. The summed E-state index contributed by atoms with van der Waals surface area (Å²) in [5.41, 5.74) is -0.0783. The molecule has 2 atom stereocenters. The second-order valence-electron chi connectivity index (χ2n) is 5.55. The van der Waals surface area contributed by atoms with Crippen LogP contribution in [0.25, 0.3) is 0 Å². The smallest absolute Gasteiger partial charge is 0.0707 e. The third-order valence-electron chi connectivity index (χ3n) is 2.96. The summed E-state index contributed by atoms with van der Waals surface area (Å²) < 4.78 is 16.6. The fourth-order valence-electron chi connectivity index (χ4n) is 1.94. The Labute approximate surface area is 105 Å². The Morgan fingerprint density at radius 2 is 2.12 bits per heavy atom. The molecule has 0 aromatic heterocycles. The molecule has 0 aliphatic carbocycles. The van der Waals surface area contributed by atoms with Gasteiger partial charge in [-0.2, -0.15) is 0 Å². The van der Waals surface area contributed by atoms with Crippen LogP contribution in [0, 0.1) is 5.92 Å². The van der Waals surface area contributed by atoms with Gasteiger partial charge in [0, 0.05) is 18.6 Å². The lowest BCUT2D eigenvalue weighted by atomic mass is 10.0. The minimum Gasteiger partial charge on any atom is -0.381 e. The molecule has 0 amide bonds. The second kappa shape index (κ2) is 7.31. The van der Waals surface area contributed by atoms with Crippen LogP contribution in [0.5, 0.6) is 0 Å². The lowest BCUT2D eigenvalue weighted by molar-refractivity contribution is -0.0390. The molecule has 0 aromatic rings. The number of hydrogen-bond acceptors (Lipinski definition) is 4. The van der Waals surface area contributed by atoms with E-state index in [0.29, 0.717) is 25.2 Å². The molecule has 0 aromatic carbocycles. The van der Waals surface area contributed by atoms with Gasteiger partial charge in [-0.3, -0.25) is 0 Å². The Balaban J connectivity index is 2.07. The van der Waals surface area contributed by atoms with Crippen LogP contribution in [0.3, 0.4) is 0 Å². The van der Waals surface area contributed by atoms with Gasteiger partial charge < -0.3 is 19.5 Å². The van der Waals surface area contributed by atoms with Crippen molar-refractivity contribution in [3.63, 3.8) is 0 Å². The van der Waals surface area contributed by atoms with E-state index >= 15 is 0 Å². The predicted octanol–water partition coefficient (Wildman–Crippen LogP) is 1.44. The van der Waals surface area contributed by atoms with Crippen LogP contribution in [0.1, 0.15) is 27.2 Å². The molecule has 0 bridgehead atoms. The Kier molecular flexibility index (Phi) is 6.41. The van der Waals surface area contributed by atoms with E-state index in [0.717, 1.165) is 26.2 Å². The van der Waals surface area contributed by atoms with Crippen LogP contribution in [-0.2, 0) is 14.2 Å². The number of ether oxygens (including phenoxy) is 3. The van der Waals surface area contributed by atoms with Crippen molar-refractivity contribution in [2.75, 3.05) is 40.1 Å². The molecule has 102 valence electrons. The Morgan fingerprint density at radius 3 is 2.65 bits per heavy atom. The first-order valence-electron chi connectivity index (χ1n) is 6.49. The van der Waals surface area contributed by atoms with Gasteiger partial charge in [0.15, 0.2) is 0 Å². The largest absolute Gasteiger partial charge is 0.381 e. The van der Waals surface area contributed by atoms with Gasteiger partial charge in [-0.05, 0) is 34.2 Å². The normalized spacial score (nSPS) is 22.9. The Morgan fingerprint density at radius 1 is 1.35 bits per heavy atom. The summed E-state index contributed by atoms with van der Waals surface area (Å²) in [6.07, 6.45) is 1.13. The summed E-state index contributed by atoms with van der Waals surface area (Å²) in [4.78, 5) is 0. The van der Waals surface area contributed by atoms with Gasteiger partial charge in [-0.1, -0.05) is 0 Å². The molecule has 1 fully saturated rings. The van der Waals surface area contributed by atoms with Crippen molar-refractivity contribution in [3.8, 4) is 0 Å². The van der Waals surface area contributed by atoms with Crippen molar-refractivity contribution in [1.29, 1.82) is 0 Å². The molecule has 0 spiro atoms. The highest BCUT2D eigenvalue weighted by Crippen LogP contribution is 2.16. The van der Waals surface area contributed by atoms with E-state index in [1.165, 1.54) is 0 Å². The molecule has 1 rings (SSSR count). The second-order valence-corrected chi connectivity index (χ2v) is 5.55. The van der Waals surface area contributed by atoms with E-state index in [1.807, 2.05) is 7.05 Å². The van der Waals surface area contributed by atoms with Gasteiger partial charge in [-0.15, -0.1) is 0 Å². The average molecular weight is 245 g/mol. The standard InChI is InChI=1S/C13H27NO3/c1-13(2,3)17-8-7-16-10-12(14-4)11-5-6-15-9-11/h11-12,14H,5-10H2,1-4H3. The van der Waals surface area contributed by atoms with Crippen molar-refractivity contribution in [3.05, 3.63) is 0 Å². The van der Waals surface area contributed by atoms with E-state index in [4.69, 9.17) is 14.2 Å². The number of hydrogen-bond donors (Lipinski definition) is 1. The predicted molar refractivity (Wildman–Crippen MR) is 68.3 cm³/mol. The molecule has 17 heavy (non-hydrogen) atoms. The maximum Gasteiger partial charge on any atom is 0.0707 e. The zero-order valence-electron chi connectivity index (χ0n) is 11.6. The molecule has 1 aliphatic heterocycles. The van der Waals surface area contributed by atoms with Crippen molar-refractivity contribution < 1.29 is 14.2 Å². The molecule has 1 N–H and O–H groups in total. The van der Waals surface area contributed by atoms with Crippen LogP contribution in [0.4, 0.5) is 0 Å². The zero-order chi connectivity index (χ0) is 12.7. The first-order valence-corrected chi connectivity index (χ1v) is 6.49. The Bertz CT molecular complexity index is 197. The highest BCUT2D eigenvalue weighted by atomic mass is 16.5. The first-order chi connectivity index (χ1) is 8.03. The van der Waals surface area contributed by atoms with Gasteiger partial charge in [0.2, 0.25) is 0 Å². The molecule has 0 saturated carbocycles. The lowest BCUT2D eigenvalue weighted by Gasteiger charge is -2.23. The van der Waals surface area contributed by atoms with Crippen LogP contribution in [0.2, 0.25) is 0 Å². The maximum atomic E-state index is 5.65. The molecule has 4 nitrogen and oxygen atoms in total. The summed E-state index contributed by atoms with van der Waals surface area (Å²) in [5.74, 6) is 0.587. The van der Waals surface area contributed by atoms with Gasteiger partial charge in [0.1, 0.15) is 0 Å². The van der Waals surface area contributed by atoms with E-state index in [-0.39, 0.29) is 5.60 Å². The van der Waals surface area contributed by atoms with E-state index in [9.17, 15) is 0 Å². The van der Waals surface area contributed by atoms with Crippen molar-refractivity contribution in [2.24, 2.45) is 5.92 Å². The molecule has 0 radical (unpaired) electrons. The van der Waals surface area contributed by atoms with Crippen molar-refractivity contribution in [2.45, 2.75) is 38.8 Å². The lowest BCUT2D eigenvalue weighted by Crippen LogP contribution is -2.38. The van der Waals surface area contributed by atoms with Crippen LogP contribution < -0.4 is 5.32 Å². The average Bonchev–Trinajstić information content (AvgIpc) is 2.75. The summed E-state index contributed by atoms with van der Waals surface area (Å²) >= 11 is 0. The fourth-order valence-corrected chi connectivity index (χ4v) is 1.94. The van der Waals surface area contributed by atoms with Crippen molar-refractivity contribution in [1.82, 2.24) is 5.32 Å². The molecular formula is C13H27NO3. The fraction of sp³-hybridized carbons (Fsp3) is 1.00. The minimum absolute atomic E-state index is 0.0783. The topological polar surface area (TPSA) is 39.7 Å². The highest BCUT2D eigenvalue weighted by molar-refractivity contribution is 4.77. The van der Waals surface area contributed by atoms with Crippen LogP contribution >= 0.6 is 0 Å². The maximum absolute atomic E-state index is 5.65. The number of likely N-dealkylation sites (N-methyl/N-ethyl adjacent to an activating group) is 1. The van der Waals surface area contributed by atoms with Gasteiger partial charge in [0.25, 0.3) is 0 Å². The third kappa shape index (κ3) is 6.36. The van der Waals surface area contributed by atoms with Crippen LogP contribution in [-0.4, -0.2) is 51.7 Å². The van der Waals surface area contributed by atoms with Crippen molar-refractivity contribution >= 4 is 0 Å². The number of rotatable bonds is 7. The monoisotopic (exact) mass is 245 g/mol. The van der Waals surface area contributed by atoms with Gasteiger partial charge >= 0.3 is 0 Å². The van der Waals surface area contributed by atoms with Gasteiger partial charge in [0.05, 0.1) is 32.0 Å². The summed E-state index contributed by atoms with van der Waals surface area (Å²) in [6, 6.07) is 0.395. The molecule has 1 heterocycles. The molecule has 1 aliphatic rings. The molecule has 4 heteroatoms. The van der Waals surface area contributed by atoms with E-state index < -0.39 is 0 Å². The van der Waals surface area contributed by atoms with Gasteiger partial charge in [-0.25, -0.2) is 0 Å². The first kappa shape index (κ1) is 14.9. The number of nitrogens with one attached hydrogen (secondary N) is 1.